The Hall–Kier alpha value is -4.25. The molecule has 4 aromatic rings. The minimum atomic E-state index is -0.217. The Bertz CT molecular complexity index is 1610. The van der Waals surface area contributed by atoms with Crippen molar-refractivity contribution in [1.29, 1.82) is 0 Å². The first kappa shape index (κ1) is 29.8. The van der Waals surface area contributed by atoms with Crippen LogP contribution >= 0.6 is 0 Å². The van der Waals surface area contributed by atoms with E-state index in [9.17, 15) is 14.7 Å². The number of piperidine rings is 1. The van der Waals surface area contributed by atoms with Crippen molar-refractivity contribution in [2.45, 2.75) is 56.8 Å². The second-order valence-electron chi connectivity index (χ2n) is 11.7. The Labute approximate surface area is 257 Å². The van der Waals surface area contributed by atoms with Crippen LogP contribution in [0.15, 0.2) is 73.1 Å². The van der Waals surface area contributed by atoms with Crippen LogP contribution in [-0.4, -0.2) is 77.0 Å². The lowest BCUT2D eigenvalue weighted by atomic mass is 9.99. The zero-order valence-electron chi connectivity index (χ0n) is 25.3. The molecule has 10 heteroatoms. The lowest BCUT2D eigenvalue weighted by molar-refractivity contribution is 0.0310. The summed E-state index contributed by atoms with van der Waals surface area (Å²) in [5.74, 6) is 0.244. The lowest BCUT2D eigenvalue weighted by Crippen LogP contribution is -2.44. The Morgan fingerprint density at radius 2 is 1.77 bits per heavy atom. The Morgan fingerprint density at radius 3 is 2.50 bits per heavy atom. The van der Waals surface area contributed by atoms with Gasteiger partial charge in [0.05, 0.1) is 11.6 Å². The van der Waals surface area contributed by atoms with Crippen LogP contribution in [0.2, 0.25) is 0 Å². The number of carbonyl (C=O) groups is 2. The predicted octanol–water partition coefficient (Wildman–Crippen LogP) is 5.14. The lowest BCUT2D eigenvalue weighted by Gasteiger charge is -2.37. The number of hydrogen-bond donors (Lipinski definition) is 3. The number of anilines is 3. The van der Waals surface area contributed by atoms with Crippen molar-refractivity contribution in [2.75, 3.05) is 37.5 Å². The summed E-state index contributed by atoms with van der Waals surface area (Å²) in [4.78, 5) is 34.5. The van der Waals surface area contributed by atoms with E-state index in [0.29, 0.717) is 36.6 Å². The Morgan fingerprint density at radius 1 is 1.02 bits per heavy atom. The van der Waals surface area contributed by atoms with Crippen LogP contribution < -0.4 is 15.5 Å². The molecule has 230 valence electrons. The third-order valence-corrected chi connectivity index (χ3v) is 8.89. The van der Waals surface area contributed by atoms with E-state index in [1.54, 1.807) is 31.1 Å². The summed E-state index contributed by atoms with van der Waals surface area (Å²) in [6, 6.07) is 20.2. The van der Waals surface area contributed by atoms with Crippen LogP contribution in [0.4, 0.5) is 22.0 Å². The van der Waals surface area contributed by atoms with Gasteiger partial charge in [-0.1, -0.05) is 12.1 Å². The van der Waals surface area contributed by atoms with Crippen molar-refractivity contribution in [3.05, 3.63) is 84.2 Å². The molecule has 10 nitrogen and oxygen atoms in total. The van der Waals surface area contributed by atoms with Gasteiger partial charge in [-0.25, -0.2) is 9.78 Å². The molecule has 2 bridgehead atoms. The number of pyridine rings is 1. The standard InChI is InChI=1S/C34H40N6O4/c1-35-34(43)39-16-13-25-18-26(10-11-31(25)39)38(15-3-17-44-2)29-12-14-36-32(21-29)37-33(42)24-6-4-23(5-7-24)22-40-27-8-9-28(40)20-30(41)19-27/h4-7,10-14,16,18,21,27-28,30,41H,3,8-9,15,17,19-20,22H2,1-2H3,(H,35,43)(H,36,37,42)/t27-,28+,30-. The van der Waals surface area contributed by atoms with Crippen LogP contribution in [0.3, 0.4) is 0 Å². The fraction of sp³-hybridized carbons (Fsp3) is 0.382. The van der Waals surface area contributed by atoms with Gasteiger partial charge < -0.3 is 25.4 Å². The fourth-order valence-corrected chi connectivity index (χ4v) is 6.69. The summed E-state index contributed by atoms with van der Waals surface area (Å²) in [5, 5.41) is 16.7. The molecule has 0 aliphatic carbocycles. The maximum atomic E-state index is 13.2. The minimum Gasteiger partial charge on any atom is -0.393 e. The number of hydrogen-bond acceptors (Lipinski definition) is 7. The minimum absolute atomic E-state index is 0.175. The summed E-state index contributed by atoms with van der Waals surface area (Å²) in [5.41, 5.74) is 4.40. The van der Waals surface area contributed by atoms with Crippen molar-refractivity contribution < 1.29 is 19.4 Å². The highest BCUT2D eigenvalue weighted by atomic mass is 16.5. The van der Waals surface area contributed by atoms with Crippen LogP contribution in [0.25, 0.3) is 10.9 Å². The number of fused-ring (bicyclic) bond motifs is 3. The van der Waals surface area contributed by atoms with E-state index in [1.807, 2.05) is 54.6 Å². The van der Waals surface area contributed by atoms with Gasteiger partial charge in [0.15, 0.2) is 0 Å². The van der Waals surface area contributed by atoms with Crippen LogP contribution in [0.5, 0.6) is 0 Å². The van der Waals surface area contributed by atoms with Gasteiger partial charge in [-0.2, -0.15) is 0 Å². The maximum Gasteiger partial charge on any atom is 0.325 e. The molecular formula is C34H40N6O4. The molecule has 2 amide bonds. The molecule has 3 atom stereocenters. The molecule has 2 fully saturated rings. The number of carbonyl (C=O) groups excluding carboxylic acids is 2. The average molecular weight is 597 g/mol. The van der Waals surface area contributed by atoms with Crippen LogP contribution in [-0.2, 0) is 11.3 Å². The SMILES string of the molecule is CNC(=O)n1ccc2cc(N(CCCOC)c3ccnc(NC(=O)c4ccc(CN5[C@@H]6CC[C@H]5C[C@H](O)C6)cc4)c3)ccc21. The summed E-state index contributed by atoms with van der Waals surface area (Å²) in [6.45, 7) is 2.14. The van der Waals surface area contributed by atoms with Gasteiger partial charge in [0.2, 0.25) is 0 Å². The highest BCUT2D eigenvalue weighted by Crippen LogP contribution is 2.37. The fourth-order valence-electron chi connectivity index (χ4n) is 6.69. The zero-order chi connectivity index (χ0) is 30.6. The molecule has 0 saturated carbocycles. The molecule has 2 aromatic carbocycles. The number of rotatable bonds is 10. The summed E-state index contributed by atoms with van der Waals surface area (Å²) < 4.78 is 6.90. The number of nitrogens with zero attached hydrogens (tertiary/aromatic N) is 4. The van der Waals surface area contributed by atoms with Gasteiger partial charge >= 0.3 is 6.03 Å². The van der Waals surface area contributed by atoms with E-state index in [-0.39, 0.29) is 18.0 Å². The number of aromatic nitrogens is 2. The quantitative estimate of drug-likeness (QED) is 0.218. The van der Waals surface area contributed by atoms with E-state index in [2.05, 4.69) is 31.5 Å². The normalized spacial score (nSPS) is 19.7. The van der Waals surface area contributed by atoms with Gasteiger partial charge in [0, 0.05) is 86.7 Å². The largest absolute Gasteiger partial charge is 0.393 e. The van der Waals surface area contributed by atoms with E-state index < -0.39 is 0 Å². The number of ether oxygens (including phenoxy) is 1. The number of benzene rings is 2. The Balaban J connectivity index is 1.16. The van der Waals surface area contributed by atoms with Gasteiger partial charge in [-0.05, 0) is 80.1 Å². The molecule has 0 unspecified atom stereocenters. The van der Waals surface area contributed by atoms with E-state index in [4.69, 9.17) is 4.74 Å². The monoisotopic (exact) mass is 596 g/mol. The summed E-state index contributed by atoms with van der Waals surface area (Å²) in [7, 11) is 3.30. The number of methoxy groups -OCH3 is 1. The first-order valence-corrected chi connectivity index (χ1v) is 15.3. The first-order valence-electron chi connectivity index (χ1n) is 15.3. The van der Waals surface area contributed by atoms with Gasteiger partial charge in [-0.3, -0.25) is 14.3 Å². The number of aliphatic hydroxyl groups is 1. The summed E-state index contributed by atoms with van der Waals surface area (Å²) in [6.07, 6.45) is 8.09. The number of amides is 2. The highest BCUT2D eigenvalue weighted by molar-refractivity contribution is 6.04. The highest BCUT2D eigenvalue weighted by Gasteiger charge is 2.39. The molecule has 6 rings (SSSR count). The third kappa shape index (κ3) is 6.33. The van der Waals surface area contributed by atoms with Crippen molar-refractivity contribution in [1.82, 2.24) is 19.8 Å². The zero-order valence-corrected chi connectivity index (χ0v) is 25.3. The van der Waals surface area contributed by atoms with E-state index >= 15 is 0 Å². The van der Waals surface area contributed by atoms with Crippen molar-refractivity contribution in [2.24, 2.45) is 0 Å². The average Bonchev–Trinajstić information content (AvgIpc) is 3.56. The maximum absolute atomic E-state index is 13.2. The van der Waals surface area contributed by atoms with Gasteiger partial charge in [0.25, 0.3) is 5.91 Å². The summed E-state index contributed by atoms with van der Waals surface area (Å²) >= 11 is 0. The molecule has 2 aromatic heterocycles. The van der Waals surface area contributed by atoms with Crippen LogP contribution in [0.1, 0.15) is 48.0 Å². The molecule has 2 saturated heterocycles. The van der Waals surface area contributed by atoms with Crippen molar-refractivity contribution in [3.8, 4) is 0 Å². The molecule has 2 aliphatic rings. The van der Waals surface area contributed by atoms with Gasteiger partial charge in [-0.15, -0.1) is 0 Å². The molecule has 4 heterocycles. The Kier molecular flexibility index (Phi) is 8.92. The molecule has 0 radical (unpaired) electrons. The molecule has 2 aliphatic heterocycles. The number of nitrogens with one attached hydrogen (secondary N) is 2. The molecule has 0 spiro atoms. The van der Waals surface area contributed by atoms with Crippen LogP contribution in [0, 0.1) is 0 Å². The molecular weight excluding hydrogens is 556 g/mol. The third-order valence-electron chi connectivity index (χ3n) is 8.89. The second kappa shape index (κ2) is 13.2. The molecule has 3 N–H and O–H groups in total. The van der Waals surface area contributed by atoms with E-state index in [0.717, 1.165) is 60.9 Å². The van der Waals surface area contributed by atoms with Crippen molar-refractivity contribution >= 4 is 40.0 Å². The smallest absolute Gasteiger partial charge is 0.325 e. The topological polar surface area (TPSA) is 112 Å². The van der Waals surface area contributed by atoms with E-state index in [1.165, 1.54) is 5.56 Å². The predicted molar refractivity (Wildman–Crippen MR) is 172 cm³/mol. The van der Waals surface area contributed by atoms with Gasteiger partial charge in [0.1, 0.15) is 5.82 Å². The number of aliphatic hydroxyl groups excluding tert-OH is 1. The van der Waals surface area contributed by atoms with Crippen molar-refractivity contribution in [3.63, 3.8) is 0 Å². The first-order chi connectivity index (χ1) is 21.4. The molecule has 44 heavy (non-hydrogen) atoms. The second-order valence-corrected chi connectivity index (χ2v) is 11.7.